The molecule has 0 aromatic heterocycles. The number of sulfonamides is 1. The fourth-order valence-corrected chi connectivity index (χ4v) is 4.17. The lowest BCUT2D eigenvalue weighted by Gasteiger charge is -2.17. The molecule has 0 saturated carbocycles. The molecular formula is C21H25N3O4S. The van der Waals surface area contributed by atoms with Gasteiger partial charge in [0.15, 0.2) is 0 Å². The van der Waals surface area contributed by atoms with Crippen LogP contribution in [-0.4, -0.2) is 51.8 Å². The van der Waals surface area contributed by atoms with Crippen LogP contribution in [0.2, 0.25) is 0 Å². The number of aryl methyl sites for hydroxylation is 1. The summed E-state index contributed by atoms with van der Waals surface area (Å²) in [6, 6.07) is 14.5. The Morgan fingerprint density at radius 3 is 2.62 bits per heavy atom. The first kappa shape index (κ1) is 20.9. The van der Waals surface area contributed by atoms with Gasteiger partial charge >= 0.3 is 0 Å². The highest BCUT2D eigenvalue weighted by atomic mass is 32.2. The molecule has 1 amide bonds. The van der Waals surface area contributed by atoms with Crippen molar-refractivity contribution in [3.8, 4) is 5.75 Å². The third-order valence-electron chi connectivity index (χ3n) is 4.62. The molecule has 0 unspecified atom stereocenters. The first-order valence-electron chi connectivity index (χ1n) is 9.47. The van der Waals surface area contributed by atoms with Gasteiger partial charge in [-0.3, -0.25) is 14.5 Å². The summed E-state index contributed by atoms with van der Waals surface area (Å²) in [5.74, 6) is 1.13. The number of benzene rings is 2. The second-order valence-corrected chi connectivity index (χ2v) is 8.56. The number of carbonyl (C=O) groups excluding carboxylic acids is 1. The maximum atomic E-state index is 12.2. The molecule has 29 heavy (non-hydrogen) atoms. The monoisotopic (exact) mass is 415 g/mol. The highest BCUT2D eigenvalue weighted by Gasteiger charge is 2.29. The molecule has 0 atom stereocenters. The molecule has 0 aliphatic carbocycles. The third-order valence-corrected chi connectivity index (χ3v) is 6.02. The van der Waals surface area contributed by atoms with E-state index in [2.05, 4.69) is 9.71 Å². The van der Waals surface area contributed by atoms with E-state index in [4.69, 9.17) is 4.74 Å². The highest BCUT2D eigenvalue weighted by Crippen LogP contribution is 2.22. The predicted molar refractivity (Wildman–Crippen MR) is 112 cm³/mol. The van der Waals surface area contributed by atoms with Crippen molar-refractivity contribution in [3.63, 3.8) is 0 Å². The predicted octanol–water partition coefficient (Wildman–Crippen LogP) is 2.35. The molecule has 0 spiro atoms. The molecule has 2 aromatic rings. The van der Waals surface area contributed by atoms with Crippen molar-refractivity contribution in [2.45, 2.75) is 24.7 Å². The number of hydrogen-bond donors (Lipinski definition) is 1. The van der Waals surface area contributed by atoms with Gasteiger partial charge < -0.3 is 9.64 Å². The van der Waals surface area contributed by atoms with Crippen molar-refractivity contribution in [1.82, 2.24) is 9.62 Å². The maximum Gasteiger partial charge on any atom is 0.263 e. The van der Waals surface area contributed by atoms with Gasteiger partial charge in [0.1, 0.15) is 18.2 Å². The molecule has 1 aliphatic heterocycles. The van der Waals surface area contributed by atoms with Gasteiger partial charge in [0.2, 0.25) is 5.91 Å². The Labute approximate surface area is 171 Å². The molecule has 1 N–H and O–H groups in total. The summed E-state index contributed by atoms with van der Waals surface area (Å²) in [6.07, 6.45) is 0.877. The summed E-state index contributed by atoms with van der Waals surface area (Å²) in [6.45, 7) is 3.30. The average Bonchev–Trinajstić information content (AvgIpc) is 2.97. The molecule has 0 saturated heterocycles. The molecule has 0 radical (unpaired) electrons. The molecule has 8 heteroatoms. The van der Waals surface area contributed by atoms with E-state index in [-0.39, 0.29) is 10.8 Å². The Kier molecular flexibility index (Phi) is 6.53. The zero-order chi connectivity index (χ0) is 20.9. The van der Waals surface area contributed by atoms with Crippen molar-refractivity contribution in [1.29, 1.82) is 0 Å². The number of hydrogen-bond acceptors (Lipinski definition) is 5. The van der Waals surface area contributed by atoms with Crippen LogP contribution in [0.15, 0.2) is 58.4 Å². The summed E-state index contributed by atoms with van der Waals surface area (Å²) >= 11 is 0. The fraction of sp³-hybridized carbons (Fsp3) is 0.333. The number of amides is 1. The van der Waals surface area contributed by atoms with Gasteiger partial charge in [-0.15, -0.1) is 0 Å². The quantitative estimate of drug-likeness (QED) is 0.671. The molecule has 0 bridgehead atoms. The van der Waals surface area contributed by atoms with Gasteiger partial charge in [0.25, 0.3) is 10.0 Å². The minimum atomic E-state index is -3.53. The minimum absolute atomic E-state index is 0.00473. The zero-order valence-corrected chi connectivity index (χ0v) is 17.4. The van der Waals surface area contributed by atoms with Gasteiger partial charge in [-0.1, -0.05) is 29.8 Å². The second-order valence-electron chi connectivity index (χ2n) is 6.91. The Balaban J connectivity index is 1.42. The highest BCUT2D eigenvalue weighted by molar-refractivity contribution is 7.90. The van der Waals surface area contributed by atoms with Gasteiger partial charge in [-0.05, 0) is 37.6 Å². The molecular weight excluding hydrogens is 390 g/mol. The number of nitrogens with zero attached hydrogens (tertiary/aromatic N) is 2. The molecule has 7 nitrogen and oxygen atoms in total. The van der Waals surface area contributed by atoms with Crippen LogP contribution >= 0.6 is 0 Å². The smallest absolute Gasteiger partial charge is 0.263 e. The second kappa shape index (κ2) is 9.09. The number of ether oxygens (including phenoxy) is 1. The summed E-state index contributed by atoms with van der Waals surface area (Å²) in [5, 5.41) is 0. The van der Waals surface area contributed by atoms with E-state index < -0.39 is 10.0 Å². The number of fused-ring (bicyclic) bond motifs is 1. The molecule has 2 aromatic carbocycles. The van der Waals surface area contributed by atoms with Crippen molar-refractivity contribution in [2.24, 2.45) is 4.99 Å². The van der Waals surface area contributed by atoms with E-state index in [9.17, 15) is 13.2 Å². The molecule has 1 heterocycles. The summed E-state index contributed by atoms with van der Waals surface area (Å²) in [4.78, 5) is 18.4. The zero-order valence-electron chi connectivity index (χ0n) is 16.6. The van der Waals surface area contributed by atoms with Gasteiger partial charge in [0, 0.05) is 25.6 Å². The molecule has 154 valence electrons. The fourth-order valence-electron chi connectivity index (χ4n) is 2.92. The largest absolute Gasteiger partial charge is 0.492 e. The minimum Gasteiger partial charge on any atom is -0.492 e. The Hall–Kier alpha value is -2.87. The molecule has 1 aliphatic rings. The van der Waals surface area contributed by atoms with Gasteiger partial charge in [-0.2, -0.15) is 0 Å². The summed E-state index contributed by atoms with van der Waals surface area (Å²) < 4.78 is 32.2. The molecule has 3 rings (SSSR count). The number of carbonyl (C=O) groups is 1. The van der Waals surface area contributed by atoms with Crippen molar-refractivity contribution < 1.29 is 17.9 Å². The maximum absolute atomic E-state index is 12.2. The Bertz CT molecular complexity index is 1000. The van der Waals surface area contributed by atoms with E-state index in [1.165, 1.54) is 5.56 Å². The van der Waals surface area contributed by atoms with Gasteiger partial charge in [-0.25, -0.2) is 8.42 Å². The third kappa shape index (κ3) is 5.35. The number of amidine groups is 1. The Morgan fingerprint density at radius 1 is 1.14 bits per heavy atom. The van der Waals surface area contributed by atoms with Crippen LogP contribution in [0.5, 0.6) is 5.75 Å². The normalized spacial score (nSPS) is 15.6. The first-order chi connectivity index (χ1) is 13.9. The summed E-state index contributed by atoms with van der Waals surface area (Å²) in [7, 11) is -1.78. The van der Waals surface area contributed by atoms with Crippen LogP contribution in [0.25, 0.3) is 0 Å². The van der Waals surface area contributed by atoms with Crippen LogP contribution in [0.4, 0.5) is 0 Å². The Morgan fingerprint density at radius 2 is 1.86 bits per heavy atom. The lowest BCUT2D eigenvalue weighted by Crippen LogP contribution is -2.30. The first-order valence-corrected chi connectivity index (χ1v) is 11.0. The van der Waals surface area contributed by atoms with Crippen LogP contribution in [0, 0.1) is 6.92 Å². The van der Waals surface area contributed by atoms with Crippen LogP contribution in [0.3, 0.4) is 0 Å². The lowest BCUT2D eigenvalue weighted by molar-refractivity contribution is -0.130. The van der Waals surface area contributed by atoms with Crippen molar-refractivity contribution >= 4 is 21.8 Å². The summed E-state index contributed by atoms with van der Waals surface area (Å²) in [5.41, 5.74) is 1.74. The standard InChI is InChI=1S/C21H25N3O4S/c1-16-9-11-17(12-10-16)28-15-14-24(2)20(25)8-5-13-22-21-18-6-3-4-7-19(18)29(26,27)23-21/h3-4,6-7,9-12H,5,8,13-15H2,1-2H3,(H,22,23). The van der Waals surface area contributed by atoms with Crippen molar-refractivity contribution in [3.05, 3.63) is 59.7 Å². The average molecular weight is 416 g/mol. The van der Waals surface area contributed by atoms with Crippen LogP contribution in [-0.2, 0) is 14.8 Å². The van der Waals surface area contributed by atoms with E-state index in [0.29, 0.717) is 43.9 Å². The van der Waals surface area contributed by atoms with E-state index >= 15 is 0 Å². The van der Waals surface area contributed by atoms with E-state index in [0.717, 1.165) is 5.75 Å². The van der Waals surface area contributed by atoms with Crippen molar-refractivity contribution in [2.75, 3.05) is 26.7 Å². The number of rotatable bonds is 8. The van der Waals surface area contributed by atoms with Gasteiger partial charge in [0.05, 0.1) is 11.4 Å². The van der Waals surface area contributed by atoms with E-state index in [1.807, 2.05) is 31.2 Å². The SMILES string of the molecule is Cc1ccc(OCCN(C)C(=O)CCCN=C2NS(=O)(=O)c3ccccc32)cc1. The number of aliphatic imine (C=N–C) groups is 1. The number of nitrogens with one attached hydrogen (secondary N) is 1. The van der Waals surface area contributed by atoms with Crippen LogP contribution < -0.4 is 9.46 Å². The van der Waals surface area contributed by atoms with E-state index in [1.54, 1.807) is 36.2 Å². The topological polar surface area (TPSA) is 88.1 Å². The lowest BCUT2D eigenvalue weighted by atomic mass is 10.2. The number of likely N-dealkylation sites (N-methyl/N-ethyl adjacent to an activating group) is 1. The van der Waals surface area contributed by atoms with Crippen LogP contribution in [0.1, 0.15) is 24.0 Å². The molecule has 0 fully saturated rings.